The average molecular weight is 240 g/mol. The Morgan fingerprint density at radius 3 is 1.44 bits per heavy atom. The van der Waals surface area contributed by atoms with E-state index in [1.54, 1.807) is 0 Å². The van der Waals surface area contributed by atoms with Crippen molar-refractivity contribution in [3.05, 3.63) is 70.8 Å². The molecular formula is C16H20N2. The largest absolute Gasteiger partial charge is 0.322 e. The van der Waals surface area contributed by atoms with Crippen LogP contribution in [0.3, 0.4) is 0 Å². The molecule has 0 saturated carbocycles. The minimum absolute atomic E-state index is 0.174. The van der Waals surface area contributed by atoms with Gasteiger partial charge in [0.15, 0.2) is 0 Å². The van der Waals surface area contributed by atoms with E-state index in [2.05, 4.69) is 38.1 Å². The normalized spacial score (nSPS) is 14.2. The Morgan fingerprint density at radius 1 is 0.722 bits per heavy atom. The van der Waals surface area contributed by atoms with Crippen molar-refractivity contribution < 1.29 is 0 Å². The minimum atomic E-state index is -0.174. The van der Waals surface area contributed by atoms with Gasteiger partial charge in [0.05, 0.1) is 0 Å². The van der Waals surface area contributed by atoms with Crippen molar-refractivity contribution in [2.75, 3.05) is 0 Å². The maximum Gasteiger partial charge on any atom is 0.0491 e. The number of rotatable bonds is 3. The van der Waals surface area contributed by atoms with E-state index in [1.807, 2.05) is 24.3 Å². The van der Waals surface area contributed by atoms with Crippen molar-refractivity contribution in [1.29, 1.82) is 0 Å². The fourth-order valence-electron chi connectivity index (χ4n) is 2.17. The van der Waals surface area contributed by atoms with Crippen LogP contribution in [0.15, 0.2) is 48.5 Å². The molecule has 0 aliphatic rings. The predicted molar refractivity (Wildman–Crippen MR) is 76.2 cm³/mol. The van der Waals surface area contributed by atoms with Gasteiger partial charge in [0.1, 0.15) is 0 Å². The molecule has 4 N–H and O–H groups in total. The zero-order chi connectivity index (χ0) is 13.1. The zero-order valence-corrected chi connectivity index (χ0v) is 10.9. The Bertz CT molecular complexity index is 485. The topological polar surface area (TPSA) is 52.0 Å². The van der Waals surface area contributed by atoms with Gasteiger partial charge in [0.25, 0.3) is 0 Å². The molecule has 0 bridgehead atoms. The average Bonchev–Trinajstić information content (AvgIpc) is 2.37. The first-order valence-electron chi connectivity index (χ1n) is 6.22. The molecule has 0 radical (unpaired) electrons. The lowest BCUT2D eigenvalue weighted by molar-refractivity contribution is 0.574. The molecule has 0 aliphatic carbocycles. The molecule has 18 heavy (non-hydrogen) atoms. The number of benzene rings is 2. The summed E-state index contributed by atoms with van der Waals surface area (Å²) in [6.45, 7) is 4.13. The standard InChI is InChI=1S/C16H20N2/c1-11-5-3-7-13(9-11)15(17)16(18)14-8-4-6-12(2)10-14/h3-10,15-16H,17-18H2,1-2H3/t15-,16+. The van der Waals surface area contributed by atoms with Crippen molar-refractivity contribution in [1.82, 2.24) is 0 Å². The fourth-order valence-corrected chi connectivity index (χ4v) is 2.17. The molecule has 0 fully saturated rings. The summed E-state index contributed by atoms with van der Waals surface area (Å²) in [5, 5.41) is 0. The van der Waals surface area contributed by atoms with E-state index in [-0.39, 0.29) is 12.1 Å². The van der Waals surface area contributed by atoms with Crippen molar-refractivity contribution in [2.45, 2.75) is 25.9 Å². The molecule has 0 aromatic heterocycles. The first-order valence-corrected chi connectivity index (χ1v) is 6.22. The molecule has 2 nitrogen and oxygen atoms in total. The van der Waals surface area contributed by atoms with Crippen LogP contribution in [0.2, 0.25) is 0 Å². The van der Waals surface area contributed by atoms with Crippen LogP contribution in [-0.4, -0.2) is 0 Å². The zero-order valence-electron chi connectivity index (χ0n) is 10.9. The highest BCUT2D eigenvalue weighted by molar-refractivity contribution is 5.31. The molecule has 94 valence electrons. The van der Waals surface area contributed by atoms with Gasteiger partial charge in [-0.3, -0.25) is 0 Å². The summed E-state index contributed by atoms with van der Waals surface area (Å²) in [5.74, 6) is 0. The van der Waals surface area contributed by atoms with Gasteiger partial charge in [-0.05, 0) is 25.0 Å². The molecule has 0 aliphatic heterocycles. The summed E-state index contributed by atoms with van der Waals surface area (Å²) >= 11 is 0. The molecule has 0 unspecified atom stereocenters. The van der Waals surface area contributed by atoms with Gasteiger partial charge in [-0.25, -0.2) is 0 Å². The lowest BCUT2D eigenvalue weighted by atomic mass is 9.93. The Kier molecular flexibility index (Phi) is 3.80. The molecule has 2 aromatic carbocycles. The van der Waals surface area contributed by atoms with Gasteiger partial charge >= 0.3 is 0 Å². The van der Waals surface area contributed by atoms with E-state index < -0.39 is 0 Å². The van der Waals surface area contributed by atoms with Crippen LogP contribution in [0, 0.1) is 13.8 Å². The van der Waals surface area contributed by atoms with E-state index in [9.17, 15) is 0 Å². The highest BCUT2D eigenvalue weighted by Crippen LogP contribution is 2.25. The van der Waals surface area contributed by atoms with Crippen LogP contribution in [-0.2, 0) is 0 Å². The monoisotopic (exact) mass is 240 g/mol. The maximum atomic E-state index is 6.26. The molecule has 2 aromatic rings. The highest BCUT2D eigenvalue weighted by Gasteiger charge is 2.17. The summed E-state index contributed by atoms with van der Waals surface area (Å²) in [6, 6.07) is 16.1. The van der Waals surface area contributed by atoms with E-state index in [0.717, 1.165) is 11.1 Å². The van der Waals surface area contributed by atoms with Gasteiger partial charge in [0, 0.05) is 12.1 Å². The van der Waals surface area contributed by atoms with Crippen molar-refractivity contribution in [3.63, 3.8) is 0 Å². The molecule has 0 spiro atoms. The Hall–Kier alpha value is -1.64. The second kappa shape index (κ2) is 5.34. The van der Waals surface area contributed by atoms with E-state index in [4.69, 9.17) is 11.5 Å². The summed E-state index contributed by atoms with van der Waals surface area (Å²) in [7, 11) is 0. The molecule has 2 heteroatoms. The summed E-state index contributed by atoms with van der Waals surface area (Å²) in [5.41, 5.74) is 17.1. The molecule has 0 amide bonds. The second-order valence-electron chi connectivity index (χ2n) is 4.88. The Balaban J connectivity index is 2.26. The number of hydrogen-bond donors (Lipinski definition) is 2. The van der Waals surface area contributed by atoms with Gasteiger partial charge in [-0.1, -0.05) is 59.7 Å². The summed E-state index contributed by atoms with van der Waals surface area (Å²) < 4.78 is 0. The molecule has 2 atom stereocenters. The third-order valence-corrected chi connectivity index (χ3v) is 3.24. The second-order valence-corrected chi connectivity index (χ2v) is 4.88. The van der Waals surface area contributed by atoms with E-state index >= 15 is 0 Å². The van der Waals surface area contributed by atoms with Crippen LogP contribution >= 0.6 is 0 Å². The third-order valence-electron chi connectivity index (χ3n) is 3.24. The maximum absolute atomic E-state index is 6.26. The quantitative estimate of drug-likeness (QED) is 0.866. The molecular weight excluding hydrogens is 220 g/mol. The predicted octanol–water partition coefficient (Wildman–Crippen LogP) is 3.00. The lowest BCUT2D eigenvalue weighted by Crippen LogP contribution is -2.26. The summed E-state index contributed by atoms with van der Waals surface area (Å²) in [6.07, 6.45) is 0. The first kappa shape index (κ1) is 12.8. The van der Waals surface area contributed by atoms with Gasteiger partial charge < -0.3 is 11.5 Å². The van der Waals surface area contributed by atoms with Gasteiger partial charge in [-0.2, -0.15) is 0 Å². The minimum Gasteiger partial charge on any atom is -0.322 e. The van der Waals surface area contributed by atoms with Crippen molar-refractivity contribution in [2.24, 2.45) is 11.5 Å². The lowest BCUT2D eigenvalue weighted by Gasteiger charge is -2.21. The van der Waals surface area contributed by atoms with Gasteiger partial charge in [-0.15, -0.1) is 0 Å². The van der Waals surface area contributed by atoms with Crippen LogP contribution in [0.1, 0.15) is 34.3 Å². The number of hydrogen-bond acceptors (Lipinski definition) is 2. The molecule has 2 rings (SSSR count). The van der Waals surface area contributed by atoms with Crippen LogP contribution in [0.25, 0.3) is 0 Å². The van der Waals surface area contributed by atoms with Crippen molar-refractivity contribution in [3.8, 4) is 0 Å². The number of nitrogens with two attached hydrogens (primary N) is 2. The van der Waals surface area contributed by atoms with E-state index in [0.29, 0.717) is 0 Å². The summed E-state index contributed by atoms with van der Waals surface area (Å²) in [4.78, 5) is 0. The third kappa shape index (κ3) is 2.78. The van der Waals surface area contributed by atoms with Crippen LogP contribution in [0.5, 0.6) is 0 Å². The van der Waals surface area contributed by atoms with Crippen LogP contribution < -0.4 is 11.5 Å². The smallest absolute Gasteiger partial charge is 0.0491 e. The van der Waals surface area contributed by atoms with Crippen molar-refractivity contribution >= 4 is 0 Å². The Labute approximate surface area is 109 Å². The Morgan fingerprint density at radius 2 is 1.11 bits per heavy atom. The molecule has 0 heterocycles. The fraction of sp³-hybridized carbons (Fsp3) is 0.250. The van der Waals surface area contributed by atoms with E-state index in [1.165, 1.54) is 11.1 Å². The first-order chi connectivity index (χ1) is 8.58. The van der Waals surface area contributed by atoms with Gasteiger partial charge in [0.2, 0.25) is 0 Å². The molecule has 0 saturated heterocycles. The highest BCUT2D eigenvalue weighted by atomic mass is 14.8. The number of aryl methyl sites for hydroxylation is 2. The SMILES string of the molecule is Cc1cccc([C@@H](N)[C@@H](N)c2cccc(C)c2)c1. The van der Waals surface area contributed by atoms with Crippen LogP contribution in [0.4, 0.5) is 0 Å².